The highest BCUT2D eigenvalue weighted by Crippen LogP contribution is 2.12. The number of amides is 6. The number of benzene rings is 1. The number of nitrogens with two attached hydrogens (primary N) is 3. The third kappa shape index (κ3) is 20.2. The third-order valence-corrected chi connectivity index (χ3v) is 9.13. The molecule has 21 heteroatoms. The minimum atomic E-state index is -1.75. The molecule has 0 unspecified atom stereocenters. The van der Waals surface area contributed by atoms with Gasteiger partial charge in [-0.3, -0.25) is 33.6 Å². The first-order valence-electron chi connectivity index (χ1n) is 19.7. The summed E-state index contributed by atoms with van der Waals surface area (Å²) in [7, 11) is 0. The zero-order valence-electron chi connectivity index (χ0n) is 33.9. The number of hydrogen-bond acceptors (Lipinski definition) is 13. The van der Waals surface area contributed by atoms with E-state index < -0.39 is 103 Å². The number of aliphatic hydroxyl groups excluding tert-OH is 1. The van der Waals surface area contributed by atoms with Crippen LogP contribution in [0, 0.1) is 5.92 Å². The summed E-state index contributed by atoms with van der Waals surface area (Å²) in [5.41, 5.74) is 17.9. The second kappa shape index (κ2) is 27.3. The van der Waals surface area contributed by atoms with Crippen molar-refractivity contribution in [2.24, 2.45) is 23.1 Å². The molecule has 0 radical (unpaired) electrons. The fourth-order valence-corrected chi connectivity index (χ4v) is 5.71. The van der Waals surface area contributed by atoms with Crippen LogP contribution in [0.2, 0.25) is 0 Å². The van der Waals surface area contributed by atoms with Gasteiger partial charge in [0, 0.05) is 25.9 Å². The molecule has 0 bridgehead atoms. The van der Waals surface area contributed by atoms with Crippen LogP contribution in [0.4, 0.5) is 0 Å². The van der Waals surface area contributed by atoms with Crippen LogP contribution in [0.1, 0.15) is 84.1 Å². The minimum absolute atomic E-state index is 0.0267. The van der Waals surface area contributed by atoms with Crippen LogP contribution < -0.4 is 49.1 Å². The summed E-state index contributed by atoms with van der Waals surface area (Å²) < 4.78 is 0. The standard InChI is InChI=1S/C38H63N9O12/c1-21(2)31(38(58)59)46-36(56)28(14-15-30(51)52)45-37(57)32(22(3)48)47-35(55)27(9-5-7-19-42-29(50)16-18-40)44-34(54)26(8-4-6-17-39)43-33(53)25(41)20-23-10-12-24(49)13-11-23/h10-13,21-22,25-28,31-32,48-49H,4-9,14-20,39-41H2,1-3H3,(H,42,50)(H,43,53)(H,44,54)(H,45,57)(H,46,56)(H,47,55)(H,51,52)(H,58,59)/t22-,25-,26-,27-,28-,31-,32-/m0/s1. The molecule has 0 aliphatic carbocycles. The Balaban J connectivity index is 3.33. The molecule has 21 nitrogen and oxygen atoms in total. The molecule has 6 amide bonds. The van der Waals surface area contributed by atoms with Crippen LogP contribution >= 0.6 is 0 Å². The summed E-state index contributed by atoms with van der Waals surface area (Å²) >= 11 is 0. The van der Waals surface area contributed by atoms with Gasteiger partial charge < -0.3 is 69.5 Å². The van der Waals surface area contributed by atoms with Gasteiger partial charge in [0.25, 0.3) is 0 Å². The Bertz CT molecular complexity index is 1540. The number of phenols is 1. The Labute approximate surface area is 343 Å². The molecule has 332 valence electrons. The van der Waals surface area contributed by atoms with Crippen molar-refractivity contribution in [2.75, 3.05) is 19.6 Å². The van der Waals surface area contributed by atoms with Gasteiger partial charge in [0.1, 0.15) is 36.0 Å². The monoisotopic (exact) mass is 837 g/mol. The number of aromatic hydroxyl groups is 1. The van der Waals surface area contributed by atoms with Crippen molar-refractivity contribution in [3.8, 4) is 5.75 Å². The van der Waals surface area contributed by atoms with Crippen LogP contribution in [-0.4, -0.2) is 130 Å². The number of carbonyl (C=O) groups excluding carboxylic acids is 6. The van der Waals surface area contributed by atoms with Gasteiger partial charge in [-0.2, -0.15) is 0 Å². The van der Waals surface area contributed by atoms with E-state index in [1.165, 1.54) is 26.0 Å². The highest BCUT2D eigenvalue weighted by molar-refractivity contribution is 5.96. The minimum Gasteiger partial charge on any atom is -0.508 e. The predicted octanol–water partition coefficient (Wildman–Crippen LogP) is -2.56. The summed E-state index contributed by atoms with van der Waals surface area (Å²) in [4.78, 5) is 102. The molecule has 1 aromatic rings. The molecule has 0 saturated heterocycles. The quantitative estimate of drug-likeness (QED) is 0.0369. The summed E-state index contributed by atoms with van der Waals surface area (Å²) in [5.74, 6) is -8.02. The van der Waals surface area contributed by atoms with E-state index in [0.29, 0.717) is 31.4 Å². The van der Waals surface area contributed by atoms with E-state index in [2.05, 4.69) is 31.9 Å². The molecule has 1 aromatic carbocycles. The molecule has 7 atom stereocenters. The molecule has 0 aliphatic rings. The number of carboxylic acid groups (broad SMARTS) is 2. The lowest BCUT2D eigenvalue weighted by Gasteiger charge is -2.28. The van der Waals surface area contributed by atoms with Crippen molar-refractivity contribution in [1.29, 1.82) is 0 Å². The maximum atomic E-state index is 13.9. The molecule has 0 aromatic heterocycles. The van der Waals surface area contributed by atoms with Gasteiger partial charge in [0.2, 0.25) is 35.4 Å². The molecule has 0 aliphatic heterocycles. The molecule has 1 rings (SSSR count). The van der Waals surface area contributed by atoms with Crippen LogP contribution in [0.5, 0.6) is 5.75 Å². The van der Waals surface area contributed by atoms with E-state index in [9.17, 15) is 58.8 Å². The van der Waals surface area contributed by atoms with Gasteiger partial charge >= 0.3 is 11.9 Å². The highest BCUT2D eigenvalue weighted by atomic mass is 16.4. The van der Waals surface area contributed by atoms with Crippen molar-refractivity contribution >= 4 is 47.4 Å². The molecular weight excluding hydrogens is 774 g/mol. The predicted molar refractivity (Wildman–Crippen MR) is 214 cm³/mol. The topological polar surface area (TPSA) is 368 Å². The van der Waals surface area contributed by atoms with Crippen LogP contribution in [-0.2, 0) is 44.8 Å². The lowest BCUT2D eigenvalue weighted by Crippen LogP contribution is -2.61. The van der Waals surface area contributed by atoms with Gasteiger partial charge in [-0.1, -0.05) is 26.0 Å². The number of hydrogen-bond donors (Lipinski definition) is 13. The van der Waals surface area contributed by atoms with Crippen LogP contribution in [0.15, 0.2) is 24.3 Å². The van der Waals surface area contributed by atoms with Gasteiger partial charge in [0.15, 0.2) is 0 Å². The number of phenolic OH excluding ortho intramolecular Hbond substituents is 1. The number of carbonyl (C=O) groups is 8. The SMILES string of the molecule is CC(C)[C@H](NC(=O)[C@H](CCC(=O)O)NC(=O)[C@@H](NC(=O)[C@H](CCCCNC(=O)CCN)NC(=O)[C@H](CCCCN)NC(=O)[C@@H](N)Cc1ccc(O)cc1)[C@H](C)O)C(=O)O. The molecule has 0 spiro atoms. The summed E-state index contributed by atoms with van der Waals surface area (Å²) in [6.07, 6.45) is -0.888. The first kappa shape index (κ1) is 51.6. The Kier molecular flexibility index (Phi) is 23.9. The Morgan fingerprint density at radius 3 is 1.64 bits per heavy atom. The lowest BCUT2D eigenvalue weighted by molar-refractivity contribution is -0.144. The smallest absolute Gasteiger partial charge is 0.326 e. The van der Waals surface area contributed by atoms with Gasteiger partial charge in [-0.15, -0.1) is 0 Å². The number of unbranched alkanes of at least 4 members (excludes halogenated alkanes) is 2. The second-order valence-corrected chi connectivity index (χ2v) is 14.6. The van der Waals surface area contributed by atoms with E-state index in [4.69, 9.17) is 17.2 Å². The molecule has 59 heavy (non-hydrogen) atoms. The zero-order chi connectivity index (χ0) is 44.7. The normalized spacial score (nSPS) is 14.6. The van der Waals surface area contributed by atoms with Crippen molar-refractivity contribution in [3.05, 3.63) is 29.8 Å². The van der Waals surface area contributed by atoms with Crippen molar-refractivity contribution in [1.82, 2.24) is 31.9 Å². The molecule has 16 N–H and O–H groups in total. The maximum Gasteiger partial charge on any atom is 0.326 e. The highest BCUT2D eigenvalue weighted by Gasteiger charge is 2.35. The Hall–Kier alpha value is -5.38. The van der Waals surface area contributed by atoms with Crippen molar-refractivity contribution < 1.29 is 58.8 Å². The second-order valence-electron chi connectivity index (χ2n) is 14.6. The summed E-state index contributed by atoms with van der Waals surface area (Å²) in [5, 5.41) is 53.8. The zero-order valence-corrected chi connectivity index (χ0v) is 33.9. The summed E-state index contributed by atoms with van der Waals surface area (Å²) in [6.45, 7) is 4.89. The van der Waals surface area contributed by atoms with Crippen LogP contribution in [0.3, 0.4) is 0 Å². The van der Waals surface area contributed by atoms with E-state index in [0.717, 1.165) is 6.92 Å². The van der Waals surface area contributed by atoms with Gasteiger partial charge in [-0.25, -0.2) is 4.79 Å². The number of rotatable bonds is 29. The van der Waals surface area contributed by atoms with Crippen molar-refractivity contribution in [2.45, 2.75) is 127 Å². The van der Waals surface area contributed by atoms with Gasteiger partial charge in [-0.05, 0) is 88.4 Å². The average Bonchev–Trinajstić information content (AvgIpc) is 3.16. The molecule has 0 fully saturated rings. The lowest BCUT2D eigenvalue weighted by atomic mass is 10.0. The van der Waals surface area contributed by atoms with Crippen LogP contribution in [0.25, 0.3) is 0 Å². The molecular formula is C38H63N9O12. The largest absolute Gasteiger partial charge is 0.508 e. The number of aliphatic hydroxyl groups is 1. The van der Waals surface area contributed by atoms with E-state index in [1.54, 1.807) is 12.1 Å². The average molecular weight is 838 g/mol. The first-order chi connectivity index (χ1) is 27.8. The number of nitrogens with one attached hydrogen (secondary N) is 6. The third-order valence-electron chi connectivity index (χ3n) is 9.13. The summed E-state index contributed by atoms with van der Waals surface area (Å²) in [6, 6.07) is -2.31. The fraction of sp³-hybridized carbons (Fsp3) is 0.632. The Morgan fingerprint density at radius 1 is 0.627 bits per heavy atom. The number of aliphatic carboxylic acids is 2. The maximum absolute atomic E-state index is 13.9. The molecule has 0 saturated carbocycles. The van der Waals surface area contributed by atoms with E-state index in [-0.39, 0.29) is 56.9 Å². The fourth-order valence-electron chi connectivity index (χ4n) is 5.71. The van der Waals surface area contributed by atoms with E-state index in [1.807, 2.05) is 0 Å². The van der Waals surface area contributed by atoms with Gasteiger partial charge in [0.05, 0.1) is 12.1 Å². The van der Waals surface area contributed by atoms with E-state index >= 15 is 0 Å². The number of carboxylic acids is 2. The Morgan fingerprint density at radius 2 is 1.14 bits per heavy atom. The van der Waals surface area contributed by atoms with Crippen molar-refractivity contribution in [3.63, 3.8) is 0 Å². The molecule has 0 heterocycles. The first-order valence-corrected chi connectivity index (χ1v) is 19.7.